The molecule has 94 valence electrons. The summed E-state index contributed by atoms with van der Waals surface area (Å²) in [5, 5.41) is 13.1. The summed E-state index contributed by atoms with van der Waals surface area (Å²) in [6.07, 6.45) is 1.38. The molecule has 1 aliphatic carbocycles. The highest BCUT2D eigenvalue weighted by molar-refractivity contribution is 6.30. The van der Waals surface area contributed by atoms with Crippen molar-refractivity contribution in [2.45, 2.75) is 51.7 Å². The van der Waals surface area contributed by atoms with Gasteiger partial charge in [-0.15, -0.1) is 0 Å². The minimum absolute atomic E-state index is 0.172. The van der Waals surface area contributed by atoms with Crippen molar-refractivity contribution >= 4 is 17.4 Å². The quantitative estimate of drug-likeness (QED) is 0.815. The number of nitrogens with one attached hydrogen (secondary N) is 1. The molecule has 1 aromatic rings. The molecule has 5 heteroatoms. The first-order valence-electron chi connectivity index (χ1n) is 5.96. The maximum absolute atomic E-state index is 9.26. The zero-order chi connectivity index (χ0) is 12.6. The van der Waals surface area contributed by atoms with Crippen LogP contribution in [0.1, 0.15) is 44.0 Å². The summed E-state index contributed by atoms with van der Waals surface area (Å²) in [5.74, 6) is 1.80. The normalized spacial score (nSPS) is 23.6. The molecule has 0 aromatic carbocycles. The van der Waals surface area contributed by atoms with Gasteiger partial charge in [0.1, 0.15) is 16.8 Å². The molecular formula is C12H18ClN3O. The number of hydrogen-bond acceptors (Lipinski definition) is 4. The van der Waals surface area contributed by atoms with Crippen LogP contribution < -0.4 is 5.32 Å². The molecule has 0 bridgehead atoms. The molecule has 0 amide bonds. The molecule has 0 spiro atoms. The smallest absolute Gasteiger partial charge is 0.137 e. The van der Waals surface area contributed by atoms with Gasteiger partial charge < -0.3 is 10.4 Å². The van der Waals surface area contributed by atoms with E-state index in [4.69, 9.17) is 11.6 Å². The van der Waals surface area contributed by atoms with E-state index in [1.165, 1.54) is 0 Å². The van der Waals surface area contributed by atoms with Gasteiger partial charge in [0.25, 0.3) is 0 Å². The zero-order valence-corrected chi connectivity index (χ0v) is 11.1. The molecule has 2 N–H and O–H groups in total. The van der Waals surface area contributed by atoms with Gasteiger partial charge in [0.05, 0.1) is 6.10 Å². The van der Waals surface area contributed by atoms with Crippen molar-refractivity contribution in [3.05, 3.63) is 16.5 Å². The van der Waals surface area contributed by atoms with Crippen molar-refractivity contribution in [2.75, 3.05) is 5.32 Å². The summed E-state index contributed by atoms with van der Waals surface area (Å²) in [7, 11) is 0. The van der Waals surface area contributed by atoms with Gasteiger partial charge in [-0.2, -0.15) is 0 Å². The molecule has 0 atom stereocenters. The first-order chi connectivity index (χ1) is 7.97. The molecule has 1 aromatic heterocycles. The number of anilines is 1. The molecule has 0 aliphatic heterocycles. The van der Waals surface area contributed by atoms with Crippen LogP contribution in [-0.2, 0) is 0 Å². The Labute approximate surface area is 106 Å². The molecule has 2 rings (SSSR count). The summed E-state index contributed by atoms with van der Waals surface area (Å²) in [4.78, 5) is 8.76. The topological polar surface area (TPSA) is 58.0 Å². The molecule has 0 unspecified atom stereocenters. The van der Waals surface area contributed by atoms with Crippen molar-refractivity contribution in [3.8, 4) is 0 Å². The lowest BCUT2D eigenvalue weighted by molar-refractivity contribution is 0.0835. The van der Waals surface area contributed by atoms with Gasteiger partial charge in [0.2, 0.25) is 0 Å². The van der Waals surface area contributed by atoms with Crippen LogP contribution in [0.2, 0.25) is 5.15 Å². The third-order valence-corrected chi connectivity index (χ3v) is 3.44. The maximum Gasteiger partial charge on any atom is 0.137 e. The fourth-order valence-corrected chi connectivity index (χ4v) is 1.98. The lowest BCUT2D eigenvalue weighted by Crippen LogP contribution is -2.39. The first-order valence-corrected chi connectivity index (χ1v) is 6.33. The Balaban J connectivity index is 2.19. The van der Waals surface area contributed by atoms with Gasteiger partial charge >= 0.3 is 0 Å². The van der Waals surface area contributed by atoms with E-state index in [0.29, 0.717) is 11.2 Å². The lowest BCUT2D eigenvalue weighted by Gasteiger charge is -2.33. The number of aromatic nitrogens is 2. The van der Waals surface area contributed by atoms with E-state index in [-0.39, 0.29) is 12.0 Å². The van der Waals surface area contributed by atoms with E-state index in [0.717, 1.165) is 30.0 Å². The molecule has 0 radical (unpaired) electrons. The average molecular weight is 256 g/mol. The average Bonchev–Trinajstić information content (AvgIpc) is 2.21. The molecule has 1 aliphatic rings. The van der Waals surface area contributed by atoms with Gasteiger partial charge in [-0.05, 0) is 19.8 Å². The van der Waals surface area contributed by atoms with E-state index in [2.05, 4.69) is 15.3 Å². The number of rotatable bonds is 3. The first kappa shape index (κ1) is 12.6. The van der Waals surface area contributed by atoms with Gasteiger partial charge in [0.15, 0.2) is 0 Å². The van der Waals surface area contributed by atoms with Crippen molar-refractivity contribution in [3.63, 3.8) is 0 Å². The van der Waals surface area contributed by atoms with Crippen LogP contribution >= 0.6 is 11.6 Å². The minimum Gasteiger partial charge on any atom is -0.393 e. The largest absolute Gasteiger partial charge is 0.393 e. The Morgan fingerprint density at radius 2 is 2.00 bits per heavy atom. The number of hydrogen-bond donors (Lipinski definition) is 2. The van der Waals surface area contributed by atoms with E-state index >= 15 is 0 Å². The Morgan fingerprint density at radius 3 is 2.53 bits per heavy atom. The van der Waals surface area contributed by atoms with Crippen LogP contribution in [0.15, 0.2) is 0 Å². The Bertz CT molecular complexity index is 416. The maximum atomic E-state index is 9.26. The van der Waals surface area contributed by atoms with Crippen LogP contribution in [0.5, 0.6) is 0 Å². The second-order valence-electron chi connectivity index (χ2n) is 4.97. The van der Waals surface area contributed by atoms with E-state index < -0.39 is 0 Å². The van der Waals surface area contributed by atoms with Crippen molar-refractivity contribution in [2.24, 2.45) is 0 Å². The predicted molar refractivity (Wildman–Crippen MR) is 68.5 cm³/mol. The lowest BCUT2D eigenvalue weighted by atomic mass is 9.89. The highest BCUT2D eigenvalue weighted by Crippen LogP contribution is 2.28. The summed E-state index contributed by atoms with van der Waals surface area (Å²) >= 11 is 6.10. The standard InChI is InChI=1S/C12H18ClN3O/c1-6(2)11-15-10(13)7(3)12(16-11)14-8-4-9(17)5-8/h6,8-9,17H,4-5H2,1-3H3,(H,14,15,16). The number of nitrogens with zero attached hydrogens (tertiary/aromatic N) is 2. The molecular weight excluding hydrogens is 238 g/mol. The zero-order valence-electron chi connectivity index (χ0n) is 10.4. The molecule has 4 nitrogen and oxygen atoms in total. The van der Waals surface area contributed by atoms with E-state index in [9.17, 15) is 5.11 Å². The Morgan fingerprint density at radius 1 is 1.35 bits per heavy atom. The van der Waals surface area contributed by atoms with Crippen LogP contribution in [0.25, 0.3) is 0 Å². The van der Waals surface area contributed by atoms with Crippen LogP contribution in [0.3, 0.4) is 0 Å². The van der Waals surface area contributed by atoms with Crippen LogP contribution in [-0.4, -0.2) is 27.2 Å². The molecule has 1 saturated carbocycles. The number of aliphatic hydroxyl groups is 1. The SMILES string of the molecule is Cc1c(Cl)nc(C(C)C)nc1NC1CC(O)C1. The van der Waals surface area contributed by atoms with E-state index in [1.54, 1.807) is 0 Å². The minimum atomic E-state index is -0.172. The van der Waals surface area contributed by atoms with Gasteiger partial charge in [-0.25, -0.2) is 9.97 Å². The summed E-state index contributed by atoms with van der Waals surface area (Å²) in [5.41, 5.74) is 0.873. The fraction of sp³-hybridized carbons (Fsp3) is 0.667. The van der Waals surface area contributed by atoms with Crippen molar-refractivity contribution in [1.29, 1.82) is 0 Å². The highest BCUT2D eigenvalue weighted by Gasteiger charge is 2.28. The molecule has 0 saturated heterocycles. The number of aliphatic hydroxyl groups excluding tert-OH is 1. The van der Waals surface area contributed by atoms with Crippen LogP contribution in [0, 0.1) is 6.92 Å². The van der Waals surface area contributed by atoms with Gasteiger partial charge in [-0.1, -0.05) is 25.4 Å². The van der Waals surface area contributed by atoms with Gasteiger partial charge in [-0.3, -0.25) is 0 Å². The third-order valence-electron chi connectivity index (χ3n) is 3.07. The Hall–Kier alpha value is -0.870. The second-order valence-corrected chi connectivity index (χ2v) is 5.33. The summed E-state index contributed by atoms with van der Waals surface area (Å²) < 4.78 is 0. The van der Waals surface area contributed by atoms with Crippen LogP contribution in [0.4, 0.5) is 5.82 Å². The summed E-state index contributed by atoms with van der Waals surface area (Å²) in [6, 6.07) is 0.301. The Kier molecular flexibility index (Phi) is 3.54. The fourth-order valence-electron chi connectivity index (χ4n) is 1.80. The second kappa shape index (κ2) is 4.78. The van der Waals surface area contributed by atoms with Crippen molar-refractivity contribution in [1.82, 2.24) is 9.97 Å². The third kappa shape index (κ3) is 2.69. The monoisotopic (exact) mass is 255 g/mol. The molecule has 17 heavy (non-hydrogen) atoms. The predicted octanol–water partition coefficient (Wildman–Crippen LogP) is 2.50. The van der Waals surface area contributed by atoms with Crippen molar-refractivity contribution < 1.29 is 5.11 Å². The highest BCUT2D eigenvalue weighted by atomic mass is 35.5. The number of halogens is 1. The van der Waals surface area contributed by atoms with Gasteiger partial charge in [0, 0.05) is 17.5 Å². The molecule has 1 heterocycles. The summed E-state index contributed by atoms with van der Waals surface area (Å²) in [6.45, 7) is 5.99. The van der Waals surface area contributed by atoms with E-state index in [1.807, 2.05) is 20.8 Å². The molecule has 1 fully saturated rings.